The van der Waals surface area contributed by atoms with Gasteiger partial charge in [-0.15, -0.1) is 0 Å². The number of amides is 2. The van der Waals surface area contributed by atoms with Crippen LogP contribution in [-0.4, -0.2) is 71.6 Å². The molecule has 1 aliphatic heterocycles. The number of furan rings is 1. The predicted molar refractivity (Wildman–Crippen MR) is 76.0 cm³/mol. The number of aliphatic carboxylic acids is 1. The third-order valence-electron chi connectivity index (χ3n) is 3.70. The van der Waals surface area contributed by atoms with E-state index >= 15 is 0 Å². The Balaban J connectivity index is 1.84. The summed E-state index contributed by atoms with van der Waals surface area (Å²) in [6, 6.07) is 1.83. The van der Waals surface area contributed by atoms with Gasteiger partial charge in [-0.1, -0.05) is 0 Å². The molecular weight excluding hydrogens is 274 g/mol. The topological polar surface area (TPSA) is 77.2 Å². The van der Waals surface area contributed by atoms with Gasteiger partial charge in [-0.2, -0.15) is 0 Å². The van der Waals surface area contributed by atoms with E-state index in [4.69, 9.17) is 9.52 Å². The highest BCUT2D eigenvalue weighted by Crippen LogP contribution is 2.13. The summed E-state index contributed by atoms with van der Waals surface area (Å²) in [6.45, 7) is 4.72. The summed E-state index contributed by atoms with van der Waals surface area (Å²) in [5.41, 5.74) is 0.996. The minimum atomic E-state index is -0.831. The molecule has 1 N–H and O–H groups in total. The second-order valence-corrected chi connectivity index (χ2v) is 5.30. The van der Waals surface area contributed by atoms with Crippen LogP contribution in [0, 0.1) is 6.92 Å². The number of rotatable bonds is 4. The Hall–Kier alpha value is -2.02. The Kier molecular flexibility index (Phi) is 4.85. The summed E-state index contributed by atoms with van der Waals surface area (Å²) < 4.78 is 5.23. The standard InChI is InChI=1S/C14H21N3O4/c1-11-12(3-8-21-11)9-15(2)14(20)17-6-4-16(5-7-17)10-13(18)19/h3,8H,4-7,9-10H2,1-2H3,(H,18,19). The van der Waals surface area contributed by atoms with Crippen LogP contribution in [0.2, 0.25) is 0 Å². The summed E-state index contributed by atoms with van der Waals surface area (Å²) in [4.78, 5) is 28.3. The predicted octanol–water partition coefficient (Wildman–Crippen LogP) is 0.842. The molecule has 1 saturated heterocycles. The lowest BCUT2D eigenvalue weighted by molar-refractivity contribution is -0.138. The molecule has 116 valence electrons. The third kappa shape index (κ3) is 3.98. The highest BCUT2D eigenvalue weighted by atomic mass is 16.4. The van der Waals surface area contributed by atoms with Crippen molar-refractivity contribution in [3.8, 4) is 0 Å². The molecule has 0 radical (unpaired) electrons. The van der Waals surface area contributed by atoms with Crippen LogP contribution in [0.4, 0.5) is 4.79 Å². The maximum Gasteiger partial charge on any atom is 0.320 e. The third-order valence-corrected chi connectivity index (χ3v) is 3.70. The molecule has 0 saturated carbocycles. The zero-order valence-electron chi connectivity index (χ0n) is 12.4. The summed E-state index contributed by atoms with van der Waals surface area (Å²) in [7, 11) is 1.76. The van der Waals surface area contributed by atoms with E-state index in [9.17, 15) is 9.59 Å². The number of carboxylic acids is 1. The number of urea groups is 1. The van der Waals surface area contributed by atoms with E-state index in [0.717, 1.165) is 11.3 Å². The van der Waals surface area contributed by atoms with Crippen molar-refractivity contribution in [2.75, 3.05) is 39.8 Å². The van der Waals surface area contributed by atoms with Gasteiger partial charge in [0.25, 0.3) is 0 Å². The lowest BCUT2D eigenvalue weighted by Crippen LogP contribution is -2.52. The van der Waals surface area contributed by atoms with Crippen molar-refractivity contribution in [2.45, 2.75) is 13.5 Å². The quantitative estimate of drug-likeness (QED) is 0.890. The molecule has 0 aromatic carbocycles. The fraction of sp³-hybridized carbons (Fsp3) is 0.571. The largest absolute Gasteiger partial charge is 0.480 e. The van der Waals surface area contributed by atoms with Crippen molar-refractivity contribution in [3.63, 3.8) is 0 Å². The first-order valence-electron chi connectivity index (χ1n) is 6.94. The number of carbonyl (C=O) groups excluding carboxylic acids is 1. The minimum absolute atomic E-state index is 0.0338. The first-order chi connectivity index (χ1) is 9.97. The molecule has 1 aromatic rings. The van der Waals surface area contributed by atoms with E-state index in [1.807, 2.05) is 17.9 Å². The van der Waals surface area contributed by atoms with Crippen LogP contribution < -0.4 is 0 Å². The van der Waals surface area contributed by atoms with Crippen LogP contribution in [0.3, 0.4) is 0 Å². The molecule has 21 heavy (non-hydrogen) atoms. The van der Waals surface area contributed by atoms with Crippen molar-refractivity contribution >= 4 is 12.0 Å². The second-order valence-electron chi connectivity index (χ2n) is 5.30. The molecule has 0 spiro atoms. The van der Waals surface area contributed by atoms with Crippen LogP contribution in [-0.2, 0) is 11.3 Å². The lowest BCUT2D eigenvalue weighted by atomic mass is 10.2. The zero-order chi connectivity index (χ0) is 15.4. The molecule has 0 bridgehead atoms. The van der Waals surface area contributed by atoms with Gasteiger partial charge >= 0.3 is 12.0 Å². The molecular formula is C14H21N3O4. The van der Waals surface area contributed by atoms with E-state index in [1.165, 1.54) is 0 Å². The summed E-state index contributed by atoms with van der Waals surface area (Å²) in [5.74, 6) is -0.0109. The molecule has 1 fully saturated rings. The molecule has 1 aliphatic rings. The molecule has 7 nitrogen and oxygen atoms in total. The van der Waals surface area contributed by atoms with Crippen molar-refractivity contribution in [1.29, 1.82) is 0 Å². The van der Waals surface area contributed by atoms with Crippen molar-refractivity contribution in [3.05, 3.63) is 23.7 Å². The molecule has 2 heterocycles. The maximum atomic E-state index is 12.4. The normalized spacial score (nSPS) is 16.0. The average Bonchev–Trinajstić information content (AvgIpc) is 2.83. The number of piperazine rings is 1. The monoisotopic (exact) mass is 295 g/mol. The van der Waals surface area contributed by atoms with Gasteiger partial charge in [-0.3, -0.25) is 9.69 Å². The van der Waals surface area contributed by atoms with Gasteiger partial charge < -0.3 is 19.3 Å². The Morgan fingerprint density at radius 1 is 1.33 bits per heavy atom. The smallest absolute Gasteiger partial charge is 0.320 e. The minimum Gasteiger partial charge on any atom is -0.480 e. The fourth-order valence-electron chi connectivity index (χ4n) is 2.43. The van der Waals surface area contributed by atoms with Crippen molar-refractivity contribution in [2.24, 2.45) is 0 Å². The second kappa shape index (κ2) is 6.62. The van der Waals surface area contributed by atoms with E-state index in [-0.39, 0.29) is 12.6 Å². The van der Waals surface area contributed by atoms with Gasteiger partial charge in [0.05, 0.1) is 19.4 Å². The number of hydrogen-bond acceptors (Lipinski definition) is 4. The number of aryl methyl sites for hydroxylation is 1. The number of nitrogens with zero attached hydrogens (tertiary/aromatic N) is 3. The molecule has 0 atom stereocenters. The van der Waals surface area contributed by atoms with Gasteiger partial charge in [0.2, 0.25) is 0 Å². The zero-order valence-corrected chi connectivity index (χ0v) is 12.4. The van der Waals surface area contributed by atoms with Crippen molar-refractivity contribution < 1.29 is 19.1 Å². The van der Waals surface area contributed by atoms with Gasteiger partial charge in [-0.25, -0.2) is 4.79 Å². The average molecular weight is 295 g/mol. The molecule has 2 amide bonds. The summed E-state index contributed by atoms with van der Waals surface area (Å²) >= 11 is 0. The Morgan fingerprint density at radius 2 is 2.00 bits per heavy atom. The summed E-state index contributed by atoms with van der Waals surface area (Å²) in [6.07, 6.45) is 1.62. The van der Waals surface area contributed by atoms with E-state index < -0.39 is 5.97 Å². The Morgan fingerprint density at radius 3 is 2.52 bits per heavy atom. The van der Waals surface area contributed by atoms with E-state index in [1.54, 1.807) is 23.1 Å². The maximum absolute atomic E-state index is 12.4. The van der Waals surface area contributed by atoms with Gasteiger partial charge in [0, 0.05) is 38.8 Å². The first-order valence-corrected chi connectivity index (χ1v) is 6.94. The molecule has 0 aliphatic carbocycles. The highest BCUT2D eigenvalue weighted by Gasteiger charge is 2.24. The fourth-order valence-corrected chi connectivity index (χ4v) is 2.43. The van der Waals surface area contributed by atoms with Crippen LogP contribution in [0.5, 0.6) is 0 Å². The number of hydrogen-bond donors (Lipinski definition) is 1. The van der Waals surface area contributed by atoms with Crippen molar-refractivity contribution in [1.82, 2.24) is 14.7 Å². The van der Waals surface area contributed by atoms with E-state index in [2.05, 4.69) is 0 Å². The molecule has 0 unspecified atom stereocenters. The van der Waals surface area contributed by atoms with Crippen LogP contribution in [0.25, 0.3) is 0 Å². The highest BCUT2D eigenvalue weighted by molar-refractivity contribution is 5.74. The van der Waals surface area contributed by atoms with Crippen LogP contribution >= 0.6 is 0 Å². The molecule has 1 aromatic heterocycles. The van der Waals surface area contributed by atoms with Crippen LogP contribution in [0.1, 0.15) is 11.3 Å². The summed E-state index contributed by atoms with van der Waals surface area (Å²) in [5, 5.41) is 8.76. The Labute approximate surface area is 123 Å². The van der Waals surface area contributed by atoms with Gasteiger partial charge in [-0.05, 0) is 13.0 Å². The number of carbonyl (C=O) groups is 2. The first kappa shape index (κ1) is 15.4. The van der Waals surface area contributed by atoms with Gasteiger partial charge in [0.1, 0.15) is 5.76 Å². The SMILES string of the molecule is Cc1occc1CN(C)C(=O)N1CCN(CC(=O)O)CC1. The number of carboxylic acid groups (broad SMARTS) is 1. The van der Waals surface area contributed by atoms with Gasteiger partial charge in [0.15, 0.2) is 0 Å². The lowest BCUT2D eigenvalue weighted by Gasteiger charge is -2.35. The molecule has 2 rings (SSSR count). The Bertz CT molecular complexity index is 506. The van der Waals surface area contributed by atoms with E-state index in [0.29, 0.717) is 32.7 Å². The molecule has 7 heteroatoms. The van der Waals surface area contributed by atoms with Crippen LogP contribution in [0.15, 0.2) is 16.7 Å².